The van der Waals surface area contributed by atoms with Gasteiger partial charge in [0.15, 0.2) is 6.23 Å². The lowest BCUT2D eigenvalue weighted by Crippen LogP contribution is -2.36. The first-order chi connectivity index (χ1) is 11.6. The molecule has 128 valence electrons. The Labute approximate surface area is 138 Å². The molecule has 0 amide bonds. The Bertz CT molecular complexity index is 736. The second-order valence-electron chi connectivity index (χ2n) is 5.57. The van der Waals surface area contributed by atoms with E-state index >= 15 is 0 Å². The number of nitrogens with one attached hydrogen (secondary N) is 1. The minimum absolute atomic E-state index is 0.395. The molecule has 1 fully saturated rings. The average molecular weight is 333 g/mol. The molecule has 3 rings (SSSR count). The fourth-order valence-corrected chi connectivity index (χ4v) is 2.60. The molecule has 4 N–H and O–H groups in total. The van der Waals surface area contributed by atoms with Crippen LogP contribution in [-0.4, -0.2) is 49.8 Å². The minimum Gasteiger partial charge on any atom is -0.394 e. The lowest BCUT2D eigenvalue weighted by Gasteiger charge is -2.17. The summed E-state index contributed by atoms with van der Waals surface area (Å²) >= 11 is 0. The van der Waals surface area contributed by atoms with Gasteiger partial charge in [-0.1, -0.05) is 30.3 Å². The van der Waals surface area contributed by atoms with Crippen molar-refractivity contribution >= 4 is 5.82 Å². The van der Waals surface area contributed by atoms with Gasteiger partial charge in [-0.2, -0.15) is 4.98 Å². The van der Waals surface area contributed by atoms with E-state index in [1.807, 2.05) is 30.3 Å². The Hall–Kier alpha value is -2.26. The summed E-state index contributed by atoms with van der Waals surface area (Å²) in [5.41, 5.74) is 0.426. The Balaban J connectivity index is 1.72. The number of hydrogen-bond donors (Lipinski definition) is 4. The zero-order valence-electron chi connectivity index (χ0n) is 12.8. The maximum atomic E-state index is 12.2. The molecule has 8 nitrogen and oxygen atoms in total. The van der Waals surface area contributed by atoms with Crippen molar-refractivity contribution in [2.45, 2.75) is 31.1 Å². The molecule has 2 aromatic rings. The monoisotopic (exact) mass is 333 g/mol. The molecule has 4 atom stereocenters. The van der Waals surface area contributed by atoms with Crippen LogP contribution in [0.5, 0.6) is 0 Å². The summed E-state index contributed by atoms with van der Waals surface area (Å²) in [6.07, 6.45) is -3.16. The van der Waals surface area contributed by atoms with Gasteiger partial charge in [-0.3, -0.25) is 4.57 Å². The Morgan fingerprint density at radius 3 is 2.54 bits per heavy atom. The highest BCUT2D eigenvalue weighted by molar-refractivity contribution is 5.33. The number of aliphatic hydroxyl groups excluding tert-OH is 3. The molecule has 0 aliphatic carbocycles. The van der Waals surface area contributed by atoms with Crippen molar-refractivity contribution < 1.29 is 20.1 Å². The third kappa shape index (κ3) is 3.31. The zero-order valence-corrected chi connectivity index (χ0v) is 12.8. The number of nitrogens with zero attached hydrogens (tertiary/aromatic N) is 2. The molecule has 2 heterocycles. The van der Waals surface area contributed by atoms with E-state index in [0.717, 1.165) is 10.1 Å². The summed E-state index contributed by atoms with van der Waals surface area (Å²) in [7, 11) is 0. The number of aromatic nitrogens is 2. The molecular formula is C16H19N3O5. The van der Waals surface area contributed by atoms with Gasteiger partial charge in [-0.15, -0.1) is 0 Å². The van der Waals surface area contributed by atoms with Crippen molar-refractivity contribution in [2.75, 3.05) is 11.9 Å². The standard InChI is InChI=1S/C16H19N3O5/c20-9-11-13(21)14(22)15(24-11)19-7-6-12(18-16(19)23)17-8-10-4-2-1-3-5-10/h1-7,11,13-15,20-22H,8-9H2,(H,17,18,23)/t11-,13-,14+,15-/m0/s1. The topological polar surface area (TPSA) is 117 Å². The van der Waals surface area contributed by atoms with Gasteiger partial charge in [-0.05, 0) is 11.6 Å². The normalized spacial score (nSPS) is 26.5. The van der Waals surface area contributed by atoms with Crippen LogP contribution in [0.3, 0.4) is 0 Å². The van der Waals surface area contributed by atoms with Crippen LogP contribution in [0.2, 0.25) is 0 Å². The van der Waals surface area contributed by atoms with Crippen molar-refractivity contribution in [3.05, 3.63) is 58.6 Å². The van der Waals surface area contributed by atoms with Gasteiger partial charge in [0, 0.05) is 12.7 Å². The second kappa shape index (κ2) is 7.10. The van der Waals surface area contributed by atoms with E-state index in [0.29, 0.717) is 12.4 Å². The van der Waals surface area contributed by atoms with Crippen LogP contribution < -0.4 is 11.0 Å². The molecule has 0 radical (unpaired) electrons. The maximum Gasteiger partial charge on any atom is 0.351 e. The van der Waals surface area contributed by atoms with Crippen molar-refractivity contribution in [3.63, 3.8) is 0 Å². The van der Waals surface area contributed by atoms with E-state index in [-0.39, 0.29) is 0 Å². The van der Waals surface area contributed by atoms with E-state index in [4.69, 9.17) is 9.84 Å². The molecule has 0 saturated carbocycles. The van der Waals surface area contributed by atoms with Crippen molar-refractivity contribution in [2.24, 2.45) is 0 Å². The van der Waals surface area contributed by atoms with E-state index in [2.05, 4.69) is 10.3 Å². The van der Waals surface area contributed by atoms with E-state index in [9.17, 15) is 15.0 Å². The zero-order chi connectivity index (χ0) is 17.1. The Morgan fingerprint density at radius 2 is 1.92 bits per heavy atom. The van der Waals surface area contributed by atoms with Crippen LogP contribution >= 0.6 is 0 Å². The lowest BCUT2D eigenvalue weighted by molar-refractivity contribution is -0.0549. The van der Waals surface area contributed by atoms with Gasteiger partial charge in [0.2, 0.25) is 0 Å². The van der Waals surface area contributed by atoms with Crippen molar-refractivity contribution in [1.82, 2.24) is 9.55 Å². The fraction of sp³-hybridized carbons (Fsp3) is 0.375. The molecule has 1 aromatic carbocycles. The molecule has 8 heteroatoms. The third-order valence-electron chi connectivity index (χ3n) is 3.94. The second-order valence-corrected chi connectivity index (χ2v) is 5.57. The number of rotatable bonds is 5. The first-order valence-corrected chi connectivity index (χ1v) is 7.59. The molecule has 0 spiro atoms. The average Bonchev–Trinajstić information content (AvgIpc) is 2.89. The molecule has 1 aliphatic heterocycles. The van der Waals surface area contributed by atoms with Crippen LogP contribution in [-0.2, 0) is 11.3 Å². The minimum atomic E-state index is -1.32. The quantitative estimate of drug-likeness (QED) is 0.581. The van der Waals surface area contributed by atoms with E-state index in [1.54, 1.807) is 6.07 Å². The number of anilines is 1. The van der Waals surface area contributed by atoms with Crippen LogP contribution in [0.25, 0.3) is 0 Å². The van der Waals surface area contributed by atoms with Crippen LogP contribution in [0.15, 0.2) is 47.4 Å². The van der Waals surface area contributed by atoms with Gasteiger partial charge >= 0.3 is 5.69 Å². The first-order valence-electron chi connectivity index (χ1n) is 7.59. The number of ether oxygens (including phenoxy) is 1. The smallest absolute Gasteiger partial charge is 0.351 e. The highest BCUT2D eigenvalue weighted by Crippen LogP contribution is 2.28. The summed E-state index contributed by atoms with van der Waals surface area (Å²) in [4.78, 5) is 16.1. The lowest BCUT2D eigenvalue weighted by atomic mass is 10.1. The van der Waals surface area contributed by atoms with Crippen LogP contribution in [0.4, 0.5) is 5.82 Å². The predicted molar refractivity (Wildman–Crippen MR) is 85.3 cm³/mol. The van der Waals surface area contributed by atoms with Crippen molar-refractivity contribution in [1.29, 1.82) is 0 Å². The van der Waals surface area contributed by atoms with E-state index in [1.165, 1.54) is 6.20 Å². The molecule has 0 bridgehead atoms. The van der Waals surface area contributed by atoms with Gasteiger partial charge in [0.25, 0.3) is 0 Å². The highest BCUT2D eigenvalue weighted by atomic mass is 16.6. The molecule has 1 aromatic heterocycles. The summed E-state index contributed by atoms with van der Waals surface area (Å²) in [6, 6.07) is 11.2. The van der Waals surface area contributed by atoms with Gasteiger partial charge < -0.3 is 25.4 Å². The largest absolute Gasteiger partial charge is 0.394 e. The Kier molecular flexibility index (Phi) is 4.91. The first kappa shape index (κ1) is 16.6. The van der Waals surface area contributed by atoms with Crippen LogP contribution in [0.1, 0.15) is 11.8 Å². The highest BCUT2D eigenvalue weighted by Gasteiger charge is 2.43. The Morgan fingerprint density at radius 1 is 1.17 bits per heavy atom. The number of hydrogen-bond acceptors (Lipinski definition) is 7. The maximum absolute atomic E-state index is 12.2. The molecule has 0 unspecified atom stereocenters. The predicted octanol–water partition coefficient (Wildman–Crippen LogP) is -0.533. The van der Waals surface area contributed by atoms with Gasteiger partial charge in [0.05, 0.1) is 6.61 Å². The van der Waals surface area contributed by atoms with Gasteiger partial charge in [-0.25, -0.2) is 4.79 Å². The molecule has 1 saturated heterocycles. The molecule has 24 heavy (non-hydrogen) atoms. The number of benzene rings is 1. The van der Waals surface area contributed by atoms with Gasteiger partial charge in [0.1, 0.15) is 24.1 Å². The third-order valence-corrected chi connectivity index (χ3v) is 3.94. The fourth-order valence-electron chi connectivity index (χ4n) is 2.60. The van der Waals surface area contributed by atoms with Crippen LogP contribution in [0, 0.1) is 0 Å². The summed E-state index contributed by atoms with van der Waals surface area (Å²) in [5, 5.41) is 31.9. The molecular weight excluding hydrogens is 314 g/mol. The number of aliphatic hydroxyl groups is 3. The van der Waals surface area contributed by atoms with Crippen molar-refractivity contribution in [3.8, 4) is 0 Å². The summed E-state index contributed by atoms with van der Waals surface area (Å²) in [5.74, 6) is 0.395. The summed E-state index contributed by atoms with van der Waals surface area (Å²) < 4.78 is 6.42. The molecule has 1 aliphatic rings. The van der Waals surface area contributed by atoms with E-state index < -0.39 is 36.8 Å². The SMILES string of the molecule is O=c1nc(NCc2ccccc2)ccn1[C@H]1O[C@@H](CO)[C@H](O)[C@H]1O. The summed E-state index contributed by atoms with van der Waals surface area (Å²) in [6.45, 7) is 0.0682.